The Morgan fingerprint density at radius 3 is 2.38 bits per heavy atom. The molecule has 8 nitrogen and oxygen atoms in total. The Balaban J connectivity index is 1.40. The maximum absolute atomic E-state index is 13.2. The molecular formula is C28H43N5O3S. The van der Waals surface area contributed by atoms with Crippen molar-refractivity contribution in [3.63, 3.8) is 0 Å². The smallest absolute Gasteiger partial charge is 0.253 e. The first kappa shape index (κ1) is 27.8. The summed E-state index contributed by atoms with van der Waals surface area (Å²) in [5.74, 6) is 1.49. The summed E-state index contributed by atoms with van der Waals surface area (Å²) >= 11 is 0. The second-order valence-corrected chi connectivity index (χ2v) is 13.2. The topological polar surface area (TPSA) is 117 Å². The standard InChI is InChI=1S/C28H43N5O3S/c1-19(2)25(29)18-30-23-16-20(3)24(21(4)17-23)10-15-37(35,36)33-13-11-28(12-14-33)27(34)31-26(32-28)22-8-6-5-7-9-22/h10,15-17,19,22,25,30H,5-9,11-14,18,29H2,1-4H3,(H,31,32,34)/b15-10+/t25-/m1/s1. The van der Waals surface area contributed by atoms with E-state index in [4.69, 9.17) is 10.7 Å². The fourth-order valence-corrected chi connectivity index (χ4v) is 6.78. The summed E-state index contributed by atoms with van der Waals surface area (Å²) in [5.41, 5.74) is 9.21. The van der Waals surface area contributed by atoms with Gasteiger partial charge >= 0.3 is 0 Å². The SMILES string of the molecule is Cc1cc(NC[C@@H](N)C(C)C)cc(C)c1/C=C/S(=O)(=O)N1CCC2(CC1)N=C(C1CCCCC1)NC2=O. The molecular weight excluding hydrogens is 486 g/mol. The van der Waals surface area contributed by atoms with Crippen LogP contribution in [0.3, 0.4) is 0 Å². The highest BCUT2D eigenvalue weighted by Crippen LogP contribution is 2.35. The normalized spacial score (nSPS) is 22.0. The Bertz CT molecular complexity index is 1140. The average Bonchev–Trinajstić information content (AvgIpc) is 3.18. The van der Waals surface area contributed by atoms with Crippen molar-refractivity contribution in [2.75, 3.05) is 25.0 Å². The van der Waals surface area contributed by atoms with Crippen LogP contribution in [0.15, 0.2) is 22.5 Å². The number of piperidine rings is 1. The number of anilines is 1. The Kier molecular flexibility index (Phi) is 8.45. The van der Waals surface area contributed by atoms with Gasteiger partial charge in [0.05, 0.1) is 0 Å². The highest BCUT2D eigenvalue weighted by molar-refractivity contribution is 7.92. The van der Waals surface area contributed by atoms with E-state index in [2.05, 4.69) is 24.5 Å². The van der Waals surface area contributed by atoms with Crippen molar-refractivity contribution in [2.45, 2.75) is 84.2 Å². The first-order valence-electron chi connectivity index (χ1n) is 13.7. The molecule has 2 aliphatic heterocycles. The Morgan fingerprint density at radius 1 is 1.16 bits per heavy atom. The molecule has 1 aliphatic carbocycles. The van der Waals surface area contributed by atoms with Crippen molar-refractivity contribution in [1.29, 1.82) is 0 Å². The number of hydrogen-bond donors (Lipinski definition) is 3. The van der Waals surface area contributed by atoms with Crippen LogP contribution in [-0.2, 0) is 14.8 Å². The molecule has 9 heteroatoms. The minimum absolute atomic E-state index is 0.0602. The second kappa shape index (κ2) is 11.3. The molecule has 1 aromatic rings. The van der Waals surface area contributed by atoms with Gasteiger partial charge in [0.25, 0.3) is 5.91 Å². The van der Waals surface area contributed by atoms with Gasteiger partial charge in [0.15, 0.2) is 0 Å². The number of carbonyl (C=O) groups excluding carboxylic acids is 1. The zero-order valence-corrected chi connectivity index (χ0v) is 23.5. The van der Waals surface area contributed by atoms with Gasteiger partial charge in [-0.25, -0.2) is 8.42 Å². The minimum atomic E-state index is -3.61. The van der Waals surface area contributed by atoms with Crippen molar-refractivity contribution in [1.82, 2.24) is 9.62 Å². The quantitative estimate of drug-likeness (QED) is 0.472. The predicted octanol–water partition coefficient (Wildman–Crippen LogP) is 3.94. The zero-order valence-electron chi connectivity index (χ0n) is 22.7. The second-order valence-electron chi connectivity index (χ2n) is 11.4. The summed E-state index contributed by atoms with van der Waals surface area (Å²) in [5, 5.41) is 7.73. The molecule has 204 valence electrons. The van der Waals surface area contributed by atoms with Crippen LogP contribution >= 0.6 is 0 Å². The van der Waals surface area contributed by atoms with Crippen LogP contribution in [0, 0.1) is 25.7 Å². The van der Waals surface area contributed by atoms with Gasteiger partial charge in [-0.1, -0.05) is 33.1 Å². The third-order valence-electron chi connectivity index (χ3n) is 8.30. The summed E-state index contributed by atoms with van der Waals surface area (Å²) in [6.45, 7) is 9.43. The van der Waals surface area contributed by atoms with Gasteiger partial charge in [-0.05, 0) is 80.3 Å². The van der Waals surface area contributed by atoms with Gasteiger partial charge in [-0.2, -0.15) is 4.31 Å². The molecule has 1 saturated heterocycles. The summed E-state index contributed by atoms with van der Waals surface area (Å²) in [4.78, 5) is 17.7. The van der Waals surface area contributed by atoms with Crippen LogP contribution in [0.1, 0.15) is 75.5 Å². The van der Waals surface area contributed by atoms with Gasteiger partial charge in [-0.3, -0.25) is 9.79 Å². The lowest BCUT2D eigenvalue weighted by molar-refractivity contribution is -0.124. The van der Waals surface area contributed by atoms with Crippen LogP contribution < -0.4 is 16.4 Å². The Morgan fingerprint density at radius 2 is 1.78 bits per heavy atom. The number of amides is 1. The number of amidine groups is 1. The predicted molar refractivity (Wildman–Crippen MR) is 151 cm³/mol. The molecule has 37 heavy (non-hydrogen) atoms. The molecule has 1 saturated carbocycles. The number of hydrogen-bond acceptors (Lipinski definition) is 6. The van der Waals surface area contributed by atoms with Crippen molar-refractivity contribution in [3.8, 4) is 0 Å². The first-order chi connectivity index (χ1) is 17.5. The monoisotopic (exact) mass is 529 g/mol. The van der Waals surface area contributed by atoms with Crippen LogP contribution in [0.4, 0.5) is 5.69 Å². The van der Waals surface area contributed by atoms with Crippen LogP contribution in [0.5, 0.6) is 0 Å². The van der Waals surface area contributed by atoms with Crippen molar-refractivity contribution in [3.05, 3.63) is 34.2 Å². The van der Waals surface area contributed by atoms with E-state index in [1.807, 2.05) is 26.0 Å². The van der Waals surface area contributed by atoms with E-state index in [1.54, 1.807) is 6.08 Å². The number of nitrogens with two attached hydrogens (primary N) is 1. The highest BCUT2D eigenvalue weighted by Gasteiger charge is 2.48. The van der Waals surface area contributed by atoms with Gasteiger partial charge < -0.3 is 16.4 Å². The number of rotatable bonds is 8. The number of carbonyl (C=O) groups is 1. The maximum Gasteiger partial charge on any atom is 0.253 e. The van der Waals surface area contributed by atoms with E-state index in [0.717, 1.165) is 41.1 Å². The largest absolute Gasteiger partial charge is 0.383 e. The molecule has 1 aromatic carbocycles. The molecule has 2 heterocycles. The van der Waals surface area contributed by atoms with E-state index in [9.17, 15) is 13.2 Å². The van der Waals surface area contributed by atoms with E-state index in [-0.39, 0.29) is 11.9 Å². The van der Waals surface area contributed by atoms with Crippen molar-refractivity contribution in [2.24, 2.45) is 22.6 Å². The molecule has 3 aliphatic rings. The number of aliphatic imine (C=N–C) groups is 1. The van der Waals surface area contributed by atoms with Gasteiger partial charge in [0.1, 0.15) is 11.4 Å². The fourth-order valence-electron chi connectivity index (χ4n) is 5.61. The van der Waals surface area contributed by atoms with E-state index in [0.29, 0.717) is 44.3 Å². The fraction of sp³-hybridized carbons (Fsp3) is 0.643. The third-order valence-corrected chi connectivity index (χ3v) is 9.86. The Hall–Kier alpha value is -2.23. The molecule has 0 radical (unpaired) electrons. The summed E-state index contributed by atoms with van der Waals surface area (Å²) in [6, 6.07) is 4.11. The third kappa shape index (κ3) is 6.26. The number of nitrogens with one attached hydrogen (secondary N) is 2. The lowest BCUT2D eigenvalue weighted by Crippen LogP contribution is -2.50. The van der Waals surface area contributed by atoms with Gasteiger partial charge in [0, 0.05) is 42.7 Å². The highest BCUT2D eigenvalue weighted by atomic mass is 32.2. The maximum atomic E-state index is 13.2. The van der Waals surface area contributed by atoms with Crippen molar-refractivity contribution >= 4 is 33.5 Å². The lowest BCUT2D eigenvalue weighted by atomic mass is 9.88. The van der Waals surface area contributed by atoms with E-state index >= 15 is 0 Å². The summed E-state index contributed by atoms with van der Waals surface area (Å²) in [7, 11) is -3.61. The molecule has 4 N–H and O–H groups in total. The molecule has 1 spiro atoms. The molecule has 0 unspecified atom stereocenters. The van der Waals surface area contributed by atoms with E-state index in [1.165, 1.54) is 29.0 Å². The zero-order chi connectivity index (χ0) is 26.8. The minimum Gasteiger partial charge on any atom is -0.383 e. The number of aryl methyl sites for hydroxylation is 2. The van der Waals surface area contributed by atoms with Crippen LogP contribution in [0.2, 0.25) is 0 Å². The number of sulfonamides is 1. The summed E-state index contributed by atoms with van der Waals surface area (Å²) in [6.07, 6.45) is 8.26. The molecule has 0 bridgehead atoms. The lowest BCUT2D eigenvalue weighted by Gasteiger charge is -2.34. The average molecular weight is 530 g/mol. The van der Waals surface area contributed by atoms with Crippen molar-refractivity contribution < 1.29 is 13.2 Å². The van der Waals surface area contributed by atoms with E-state index < -0.39 is 15.6 Å². The Labute approximate surface area is 222 Å². The van der Waals surface area contributed by atoms with Gasteiger partial charge in [-0.15, -0.1) is 0 Å². The number of benzene rings is 1. The molecule has 1 amide bonds. The van der Waals surface area contributed by atoms with Gasteiger partial charge in [0.2, 0.25) is 10.0 Å². The summed E-state index contributed by atoms with van der Waals surface area (Å²) < 4.78 is 27.8. The molecule has 0 aromatic heterocycles. The first-order valence-corrected chi connectivity index (χ1v) is 15.2. The molecule has 4 rings (SSSR count). The number of nitrogens with zero attached hydrogens (tertiary/aromatic N) is 2. The van der Waals surface area contributed by atoms with Crippen LogP contribution in [0.25, 0.3) is 6.08 Å². The molecule has 1 atom stereocenters. The van der Waals surface area contributed by atoms with Crippen LogP contribution in [-0.4, -0.2) is 55.7 Å². The molecule has 2 fully saturated rings.